The molecule has 1 aromatic carbocycles. The molecule has 22 heavy (non-hydrogen) atoms. The van der Waals surface area contributed by atoms with Crippen molar-refractivity contribution in [2.45, 2.75) is 0 Å². The summed E-state index contributed by atoms with van der Waals surface area (Å²) in [4.78, 5) is 19.6. The number of anilines is 2. The van der Waals surface area contributed by atoms with Gasteiger partial charge in [-0.3, -0.25) is 4.79 Å². The Balaban J connectivity index is 2.45. The topological polar surface area (TPSA) is 36.4 Å². The molecule has 1 amide bonds. The lowest BCUT2D eigenvalue weighted by Crippen LogP contribution is -2.29. The van der Waals surface area contributed by atoms with Crippen LogP contribution in [0.15, 0.2) is 30.5 Å². The van der Waals surface area contributed by atoms with Crippen LogP contribution >= 0.6 is 11.6 Å². The maximum atomic E-state index is 14.0. The van der Waals surface area contributed by atoms with Crippen LogP contribution in [0, 0.1) is 11.6 Å². The molecule has 2 rings (SSSR count). The van der Waals surface area contributed by atoms with Crippen molar-refractivity contribution in [1.82, 2.24) is 4.98 Å². The van der Waals surface area contributed by atoms with E-state index in [1.807, 2.05) is 0 Å². The van der Waals surface area contributed by atoms with Gasteiger partial charge in [-0.2, -0.15) is 0 Å². The summed E-state index contributed by atoms with van der Waals surface area (Å²) in [6.45, 7) is 0. The van der Waals surface area contributed by atoms with Crippen molar-refractivity contribution < 1.29 is 13.6 Å². The Hall–Kier alpha value is -2.21. The van der Waals surface area contributed by atoms with Crippen molar-refractivity contribution >= 4 is 29.0 Å². The van der Waals surface area contributed by atoms with E-state index < -0.39 is 22.6 Å². The molecule has 0 aliphatic rings. The number of carbonyl (C=O) groups excluding carboxylic acids is 1. The SMILES string of the molecule is CN(C)c1ncccc1N(C)C(=O)c1ccc(F)c(Cl)c1F. The highest BCUT2D eigenvalue weighted by atomic mass is 35.5. The molecule has 0 atom stereocenters. The van der Waals surface area contributed by atoms with Crippen LogP contribution in [0.3, 0.4) is 0 Å². The predicted octanol–water partition coefficient (Wildman–Crippen LogP) is 3.36. The maximum Gasteiger partial charge on any atom is 0.261 e. The summed E-state index contributed by atoms with van der Waals surface area (Å²) in [6.07, 6.45) is 1.59. The molecule has 0 spiro atoms. The first kappa shape index (κ1) is 16.2. The smallest absolute Gasteiger partial charge is 0.261 e. The van der Waals surface area contributed by atoms with Gasteiger partial charge in [0.2, 0.25) is 0 Å². The van der Waals surface area contributed by atoms with Crippen LogP contribution in [0.25, 0.3) is 0 Å². The van der Waals surface area contributed by atoms with Gasteiger partial charge in [0.15, 0.2) is 11.6 Å². The molecular formula is C15H14ClF2N3O. The number of amides is 1. The zero-order valence-electron chi connectivity index (χ0n) is 12.3. The van der Waals surface area contributed by atoms with Crippen molar-refractivity contribution in [2.24, 2.45) is 0 Å². The van der Waals surface area contributed by atoms with Crippen LogP contribution in [0.4, 0.5) is 20.3 Å². The third kappa shape index (κ3) is 2.87. The quantitative estimate of drug-likeness (QED) is 0.812. The normalized spacial score (nSPS) is 10.5. The number of nitrogens with zero attached hydrogens (tertiary/aromatic N) is 3. The molecule has 116 valence electrons. The highest BCUT2D eigenvalue weighted by Crippen LogP contribution is 2.28. The fraction of sp³-hybridized carbons (Fsp3) is 0.200. The number of aromatic nitrogens is 1. The number of hydrogen-bond acceptors (Lipinski definition) is 3. The molecule has 4 nitrogen and oxygen atoms in total. The Morgan fingerprint density at radius 1 is 1.18 bits per heavy atom. The third-order valence-electron chi connectivity index (χ3n) is 3.12. The van der Waals surface area contributed by atoms with Crippen LogP contribution in [-0.2, 0) is 0 Å². The molecule has 0 N–H and O–H groups in total. The van der Waals surface area contributed by atoms with Gasteiger partial charge in [0.25, 0.3) is 5.91 Å². The number of hydrogen-bond donors (Lipinski definition) is 0. The van der Waals surface area contributed by atoms with Gasteiger partial charge in [-0.1, -0.05) is 11.6 Å². The van der Waals surface area contributed by atoms with Crippen LogP contribution in [0.2, 0.25) is 5.02 Å². The lowest BCUT2D eigenvalue weighted by atomic mass is 10.1. The summed E-state index contributed by atoms with van der Waals surface area (Å²) in [5.74, 6) is -2.08. The van der Waals surface area contributed by atoms with Gasteiger partial charge < -0.3 is 9.80 Å². The molecular weight excluding hydrogens is 312 g/mol. The van der Waals surface area contributed by atoms with Gasteiger partial charge in [0.05, 0.1) is 11.3 Å². The summed E-state index contributed by atoms with van der Waals surface area (Å²) in [6, 6.07) is 5.38. The highest BCUT2D eigenvalue weighted by molar-refractivity contribution is 6.31. The summed E-state index contributed by atoms with van der Waals surface area (Å²) in [5.41, 5.74) is 0.194. The van der Waals surface area contributed by atoms with Crippen molar-refractivity contribution in [3.63, 3.8) is 0 Å². The molecule has 0 saturated heterocycles. The standard InChI is InChI=1S/C15H14ClF2N3O/c1-20(2)14-11(5-4-8-19-14)21(3)15(22)9-6-7-10(17)12(16)13(9)18/h4-8H,1-3H3. The number of halogens is 3. The molecule has 0 radical (unpaired) electrons. The maximum absolute atomic E-state index is 14.0. The number of pyridine rings is 1. The second kappa shape index (κ2) is 6.27. The van der Waals surface area contributed by atoms with Crippen LogP contribution < -0.4 is 9.80 Å². The molecule has 1 aromatic heterocycles. The number of rotatable bonds is 3. The second-order valence-corrected chi connectivity index (χ2v) is 5.21. The third-order valence-corrected chi connectivity index (χ3v) is 3.47. The van der Waals surface area contributed by atoms with E-state index in [1.165, 1.54) is 11.9 Å². The number of carbonyl (C=O) groups is 1. The zero-order valence-corrected chi connectivity index (χ0v) is 13.0. The first-order chi connectivity index (χ1) is 10.3. The van der Waals surface area contributed by atoms with Gasteiger partial charge in [-0.25, -0.2) is 13.8 Å². The van der Waals surface area contributed by atoms with Crippen molar-refractivity contribution in [3.05, 3.63) is 52.7 Å². The van der Waals surface area contributed by atoms with E-state index in [2.05, 4.69) is 4.98 Å². The Kier molecular flexibility index (Phi) is 4.61. The molecule has 2 aromatic rings. The van der Waals surface area contributed by atoms with E-state index in [4.69, 9.17) is 11.6 Å². The van der Waals surface area contributed by atoms with Gasteiger partial charge in [-0.15, -0.1) is 0 Å². The summed E-state index contributed by atoms with van der Waals surface area (Å²) >= 11 is 5.52. The van der Waals surface area contributed by atoms with Crippen molar-refractivity contribution in [2.75, 3.05) is 30.9 Å². The first-order valence-corrected chi connectivity index (χ1v) is 6.76. The zero-order chi connectivity index (χ0) is 16.4. The largest absolute Gasteiger partial charge is 0.361 e. The lowest BCUT2D eigenvalue weighted by molar-refractivity contribution is 0.0989. The number of benzene rings is 1. The summed E-state index contributed by atoms with van der Waals surface area (Å²) < 4.78 is 27.2. The van der Waals surface area contributed by atoms with Gasteiger partial charge in [-0.05, 0) is 24.3 Å². The van der Waals surface area contributed by atoms with Gasteiger partial charge in [0.1, 0.15) is 10.8 Å². The minimum absolute atomic E-state index is 0.303. The van der Waals surface area contributed by atoms with Crippen LogP contribution in [0.1, 0.15) is 10.4 Å². The first-order valence-electron chi connectivity index (χ1n) is 6.38. The average molecular weight is 326 g/mol. The van der Waals surface area contributed by atoms with Crippen LogP contribution in [0.5, 0.6) is 0 Å². The minimum Gasteiger partial charge on any atom is -0.361 e. The average Bonchev–Trinajstić information content (AvgIpc) is 2.51. The Morgan fingerprint density at radius 2 is 1.86 bits per heavy atom. The molecule has 0 saturated carbocycles. The Bertz CT molecular complexity index is 722. The molecule has 0 aliphatic carbocycles. The molecule has 0 unspecified atom stereocenters. The molecule has 0 bridgehead atoms. The molecule has 0 fully saturated rings. The summed E-state index contributed by atoms with van der Waals surface area (Å²) in [5, 5.41) is -0.696. The van der Waals surface area contributed by atoms with E-state index in [0.29, 0.717) is 11.5 Å². The Morgan fingerprint density at radius 3 is 2.50 bits per heavy atom. The van der Waals surface area contributed by atoms with Crippen molar-refractivity contribution in [3.8, 4) is 0 Å². The lowest BCUT2D eigenvalue weighted by Gasteiger charge is -2.23. The van der Waals surface area contributed by atoms with E-state index in [-0.39, 0.29) is 5.56 Å². The van der Waals surface area contributed by atoms with Crippen LogP contribution in [-0.4, -0.2) is 32.0 Å². The van der Waals surface area contributed by atoms with Gasteiger partial charge >= 0.3 is 0 Å². The molecule has 0 aliphatic heterocycles. The molecule has 1 heterocycles. The highest BCUT2D eigenvalue weighted by Gasteiger charge is 2.23. The summed E-state index contributed by atoms with van der Waals surface area (Å²) in [7, 11) is 5.04. The van der Waals surface area contributed by atoms with E-state index >= 15 is 0 Å². The second-order valence-electron chi connectivity index (χ2n) is 4.83. The minimum atomic E-state index is -1.08. The fourth-order valence-electron chi connectivity index (χ4n) is 1.98. The van der Waals surface area contributed by atoms with E-state index in [1.54, 1.807) is 37.3 Å². The monoisotopic (exact) mass is 325 g/mol. The Labute approximate surface area is 131 Å². The predicted molar refractivity (Wildman–Crippen MR) is 82.7 cm³/mol. The fourth-order valence-corrected chi connectivity index (χ4v) is 2.14. The van der Waals surface area contributed by atoms with Crippen molar-refractivity contribution in [1.29, 1.82) is 0 Å². The molecule has 7 heteroatoms. The van der Waals surface area contributed by atoms with E-state index in [0.717, 1.165) is 12.1 Å². The van der Waals surface area contributed by atoms with Gasteiger partial charge in [0, 0.05) is 27.3 Å². The van der Waals surface area contributed by atoms with E-state index in [9.17, 15) is 13.6 Å².